The second kappa shape index (κ2) is 10.9. The molecule has 0 fully saturated rings. The van der Waals surface area contributed by atoms with E-state index in [1.807, 2.05) is 26.0 Å². The third-order valence-corrected chi connectivity index (χ3v) is 5.17. The molecule has 2 aromatic carbocycles. The molecule has 0 aliphatic heterocycles. The largest absolute Gasteiger partial charge is 0.352 e. The molecule has 0 aromatic heterocycles. The lowest BCUT2D eigenvalue weighted by Crippen LogP contribution is -2.49. The Labute approximate surface area is 179 Å². The molecule has 1 atom stereocenters. The van der Waals surface area contributed by atoms with Crippen molar-refractivity contribution in [3.63, 3.8) is 0 Å². The van der Waals surface area contributed by atoms with Crippen LogP contribution in [0.3, 0.4) is 0 Å². The molecule has 1 N–H and O–H groups in total. The highest BCUT2D eigenvalue weighted by molar-refractivity contribution is 5.87. The van der Waals surface area contributed by atoms with Gasteiger partial charge in [0.05, 0.1) is 0 Å². The Bertz CT molecular complexity index is 846. The summed E-state index contributed by atoms with van der Waals surface area (Å²) < 4.78 is 14.2. The molecule has 0 spiro atoms. The summed E-state index contributed by atoms with van der Waals surface area (Å²) in [4.78, 5) is 27.1. The molecule has 0 heterocycles. The van der Waals surface area contributed by atoms with Crippen LogP contribution in [0.1, 0.15) is 63.6 Å². The van der Waals surface area contributed by atoms with Crippen molar-refractivity contribution in [1.82, 2.24) is 10.2 Å². The van der Waals surface area contributed by atoms with Gasteiger partial charge in [-0.3, -0.25) is 9.59 Å². The van der Waals surface area contributed by atoms with E-state index in [9.17, 15) is 14.0 Å². The Hall–Kier alpha value is -2.69. The number of nitrogens with zero attached hydrogens (tertiary/aromatic N) is 1. The van der Waals surface area contributed by atoms with Gasteiger partial charge in [-0.05, 0) is 50.3 Å². The summed E-state index contributed by atoms with van der Waals surface area (Å²) in [6.07, 6.45) is 0.832. The Morgan fingerprint density at radius 3 is 2.17 bits per heavy atom. The third kappa shape index (κ3) is 6.68. The first kappa shape index (κ1) is 23.6. The molecule has 0 saturated carbocycles. The average Bonchev–Trinajstić information content (AvgIpc) is 2.70. The summed E-state index contributed by atoms with van der Waals surface area (Å²) in [5, 5.41) is 2.84. The topological polar surface area (TPSA) is 49.4 Å². The zero-order valence-electron chi connectivity index (χ0n) is 18.6. The van der Waals surface area contributed by atoms with Crippen LogP contribution in [0, 0.1) is 5.82 Å². The maximum Gasteiger partial charge on any atom is 0.242 e. The van der Waals surface area contributed by atoms with E-state index >= 15 is 0 Å². The van der Waals surface area contributed by atoms with Crippen molar-refractivity contribution in [2.45, 2.75) is 72.0 Å². The second-order valence-corrected chi connectivity index (χ2v) is 8.35. The van der Waals surface area contributed by atoms with Gasteiger partial charge in [0.2, 0.25) is 11.8 Å². The van der Waals surface area contributed by atoms with Gasteiger partial charge in [0.15, 0.2) is 0 Å². The third-order valence-electron chi connectivity index (χ3n) is 5.17. The van der Waals surface area contributed by atoms with Crippen LogP contribution in [-0.2, 0) is 22.6 Å². The van der Waals surface area contributed by atoms with Crippen LogP contribution in [0.4, 0.5) is 4.39 Å². The summed E-state index contributed by atoms with van der Waals surface area (Å²) in [6.45, 7) is 9.77. The van der Waals surface area contributed by atoms with E-state index in [1.54, 1.807) is 25.1 Å². The zero-order chi connectivity index (χ0) is 22.3. The zero-order valence-corrected chi connectivity index (χ0v) is 18.6. The summed E-state index contributed by atoms with van der Waals surface area (Å²) >= 11 is 0. The van der Waals surface area contributed by atoms with Crippen LogP contribution in [0.25, 0.3) is 0 Å². The normalized spacial score (nSPS) is 12.1. The monoisotopic (exact) mass is 412 g/mol. The second-order valence-electron chi connectivity index (χ2n) is 8.35. The van der Waals surface area contributed by atoms with Crippen LogP contribution in [0.5, 0.6) is 0 Å². The first-order valence-corrected chi connectivity index (χ1v) is 10.6. The quantitative estimate of drug-likeness (QED) is 0.642. The van der Waals surface area contributed by atoms with Crippen molar-refractivity contribution in [1.29, 1.82) is 0 Å². The number of carbonyl (C=O) groups is 2. The van der Waals surface area contributed by atoms with E-state index in [2.05, 4.69) is 31.3 Å². The Morgan fingerprint density at radius 1 is 0.967 bits per heavy atom. The Morgan fingerprint density at radius 2 is 1.60 bits per heavy atom. The maximum atomic E-state index is 14.2. The lowest BCUT2D eigenvalue weighted by Gasteiger charge is -2.29. The Balaban J connectivity index is 2.14. The smallest absolute Gasteiger partial charge is 0.242 e. The SMILES string of the molecule is CC(C)NC(=O)C(C)N(Cc1ccccc1F)C(=O)CCc1ccc(C(C)C)cc1. The Kier molecular flexibility index (Phi) is 8.58. The number of aryl methyl sites for hydroxylation is 1. The van der Waals surface area contributed by atoms with Gasteiger partial charge in [-0.25, -0.2) is 4.39 Å². The lowest BCUT2D eigenvalue weighted by atomic mass is 10.00. The lowest BCUT2D eigenvalue weighted by molar-refractivity contribution is -0.140. The number of nitrogens with one attached hydrogen (secondary N) is 1. The van der Waals surface area contributed by atoms with Crippen molar-refractivity contribution in [3.05, 3.63) is 71.0 Å². The van der Waals surface area contributed by atoms with Crippen LogP contribution in [-0.4, -0.2) is 28.8 Å². The predicted octanol–water partition coefficient (Wildman–Crippen LogP) is 4.82. The van der Waals surface area contributed by atoms with Gasteiger partial charge in [-0.2, -0.15) is 0 Å². The number of hydrogen-bond acceptors (Lipinski definition) is 2. The summed E-state index contributed by atoms with van der Waals surface area (Å²) in [5.74, 6) is -0.332. The molecule has 2 aromatic rings. The fourth-order valence-electron chi connectivity index (χ4n) is 3.26. The number of rotatable bonds is 9. The molecule has 2 amide bonds. The van der Waals surface area contributed by atoms with Crippen molar-refractivity contribution in [2.75, 3.05) is 0 Å². The maximum absolute atomic E-state index is 14.2. The predicted molar refractivity (Wildman–Crippen MR) is 119 cm³/mol. The van der Waals surface area contributed by atoms with E-state index in [-0.39, 0.29) is 36.6 Å². The fraction of sp³-hybridized carbons (Fsp3) is 0.440. The molecule has 1 unspecified atom stereocenters. The number of benzene rings is 2. The number of hydrogen-bond donors (Lipinski definition) is 1. The average molecular weight is 413 g/mol. The molecule has 4 nitrogen and oxygen atoms in total. The molecule has 30 heavy (non-hydrogen) atoms. The van der Waals surface area contributed by atoms with Crippen molar-refractivity contribution in [3.8, 4) is 0 Å². The van der Waals surface area contributed by atoms with Gasteiger partial charge >= 0.3 is 0 Å². The highest BCUT2D eigenvalue weighted by Gasteiger charge is 2.27. The number of amides is 2. The van der Waals surface area contributed by atoms with Crippen molar-refractivity contribution in [2.24, 2.45) is 0 Å². The molecular weight excluding hydrogens is 379 g/mol. The van der Waals surface area contributed by atoms with Gasteiger partial charge in [0, 0.05) is 24.6 Å². The highest BCUT2D eigenvalue weighted by Crippen LogP contribution is 2.18. The van der Waals surface area contributed by atoms with Crippen LogP contribution < -0.4 is 5.32 Å². The van der Waals surface area contributed by atoms with E-state index in [0.717, 1.165) is 5.56 Å². The highest BCUT2D eigenvalue weighted by atomic mass is 19.1. The van der Waals surface area contributed by atoms with Gasteiger partial charge in [-0.1, -0.05) is 56.3 Å². The molecule has 0 aliphatic rings. The van der Waals surface area contributed by atoms with Gasteiger partial charge in [-0.15, -0.1) is 0 Å². The van der Waals surface area contributed by atoms with E-state index in [1.165, 1.54) is 16.5 Å². The molecule has 0 bridgehead atoms. The van der Waals surface area contributed by atoms with Crippen LogP contribution in [0.2, 0.25) is 0 Å². The standard InChI is InChI=1S/C25H33FN2O2/c1-17(2)21-13-10-20(11-14-21)12-15-24(29)28(19(5)25(30)27-18(3)4)16-22-8-6-7-9-23(22)26/h6-11,13-14,17-19H,12,15-16H2,1-5H3,(H,27,30). The van der Waals surface area contributed by atoms with Crippen LogP contribution in [0.15, 0.2) is 48.5 Å². The minimum atomic E-state index is -0.692. The first-order chi connectivity index (χ1) is 14.2. The van der Waals surface area contributed by atoms with E-state index in [4.69, 9.17) is 0 Å². The molecule has 162 valence electrons. The van der Waals surface area contributed by atoms with E-state index in [0.29, 0.717) is 17.9 Å². The number of halogens is 1. The van der Waals surface area contributed by atoms with Crippen molar-refractivity contribution >= 4 is 11.8 Å². The summed E-state index contributed by atoms with van der Waals surface area (Å²) in [7, 11) is 0. The molecular formula is C25H33FN2O2. The van der Waals surface area contributed by atoms with Crippen LogP contribution >= 0.6 is 0 Å². The number of carbonyl (C=O) groups excluding carboxylic acids is 2. The molecule has 2 rings (SSSR count). The van der Waals surface area contributed by atoms with Crippen molar-refractivity contribution < 1.29 is 14.0 Å². The molecule has 0 aliphatic carbocycles. The van der Waals surface area contributed by atoms with Gasteiger partial charge < -0.3 is 10.2 Å². The molecule has 0 saturated heterocycles. The van der Waals surface area contributed by atoms with Gasteiger partial charge in [0.25, 0.3) is 0 Å². The molecule has 0 radical (unpaired) electrons. The minimum Gasteiger partial charge on any atom is -0.352 e. The molecule has 5 heteroatoms. The summed E-state index contributed by atoms with van der Waals surface area (Å²) in [5.41, 5.74) is 2.72. The first-order valence-electron chi connectivity index (χ1n) is 10.6. The minimum absolute atomic E-state index is 0.0372. The summed E-state index contributed by atoms with van der Waals surface area (Å²) in [6, 6.07) is 13.9. The van der Waals surface area contributed by atoms with E-state index < -0.39 is 6.04 Å². The fourth-order valence-corrected chi connectivity index (χ4v) is 3.26. The van der Waals surface area contributed by atoms with Gasteiger partial charge in [0.1, 0.15) is 11.9 Å².